The second-order valence-electron chi connectivity index (χ2n) is 4.93. The minimum atomic E-state index is -0.364. The first kappa shape index (κ1) is 12.7. The fourth-order valence-corrected chi connectivity index (χ4v) is 2.30. The van der Waals surface area contributed by atoms with Gasteiger partial charge < -0.3 is 11.1 Å². The van der Waals surface area contributed by atoms with E-state index in [0.717, 1.165) is 24.2 Å². The fourth-order valence-electron chi connectivity index (χ4n) is 2.30. The molecule has 2 rings (SSSR count). The molecule has 96 valence electrons. The number of hydrogen-bond acceptors (Lipinski definition) is 2. The van der Waals surface area contributed by atoms with Crippen LogP contribution in [0.5, 0.6) is 0 Å². The Labute approximate surface area is 108 Å². The summed E-state index contributed by atoms with van der Waals surface area (Å²) < 4.78 is 0. The molecule has 3 nitrogen and oxygen atoms in total. The van der Waals surface area contributed by atoms with Crippen LogP contribution in [0.1, 0.15) is 35.2 Å². The molecule has 0 aromatic heterocycles. The van der Waals surface area contributed by atoms with E-state index in [2.05, 4.69) is 17.5 Å². The fraction of sp³-hybridized carbons (Fsp3) is 0.400. The zero-order valence-electron chi connectivity index (χ0n) is 10.8. The van der Waals surface area contributed by atoms with Gasteiger partial charge in [0.15, 0.2) is 0 Å². The summed E-state index contributed by atoms with van der Waals surface area (Å²) in [4.78, 5) is 11.3. The number of allylic oxidation sites excluding steroid dienone is 2. The highest BCUT2D eigenvalue weighted by atomic mass is 16.1. The summed E-state index contributed by atoms with van der Waals surface area (Å²) in [5.41, 5.74) is 7.85. The Morgan fingerprint density at radius 3 is 2.94 bits per heavy atom. The zero-order valence-corrected chi connectivity index (χ0v) is 10.8. The van der Waals surface area contributed by atoms with Crippen LogP contribution >= 0.6 is 0 Å². The van der Waals surface area contributed by atoms with Crippen molar-refractivity contribution in [2.24, 2.45) is 11.7 Å². The predicted molar refractivity (Wildman–Crippen MR) is 74.7 cm³/mol. The highest BCUT2D eigenvalue weighted by molar-refractivity contribution is 5.95. The number of amides is 1. The highest BCUT2D eigenvalue weighted by Crippen LogP contribution is 2.20. The van der Waals surface area contributed by atoms with E-state index in [1.807, 2.05) is 25.1 Å². The monoisotopic (exact) mass is 244 g/mol. The molecule has 18 heavy (non-hydrogen) atoms. The third-order valence-electron chi connectivity index (χ3n) is 3.48. The third kappa shape index (κ3) is 3.13. The maximum Gasteiger partial charge on any atom is 0.249 e. The van der Waals surface area contributed by atoms with Gasteiger partial charge in [0.2, 0.25) is 5.91 Å². The number of carbonyl (C=O) groups excluding carboxylic acids is 1. The summed E-state index contributed by atoms with van der Waals surface area (Å²) in [6, 6.07) is 5.78. The number of anilines is 1. The molecule has 3 heteroatoms. The lowest BCUT2D eigenvalue weighted by atomic mass is 9.94. The molecular formula is C15H20N2O. The normalized spacial score (nSPS) is 18.6. The van der Waals surface area contributed by atoms with Crippen LogP contribution in [0.2, 0.25) is 0 Å². The molecule has 0 fully saturated rings. The molecule has 1 aromatic carbocycles. The van der Waals surface area contributed by atoms with Crippen molar-refractivity contribution in [3.05, 3.63) is 41.5 Å². The maximum atomic E-state index is 11.3. The largest absolute Gasteiger partial charge is 0.385 e. The topological polar surface area (TPSA) is 55.1 Å². The molecule has 1 amide bonds. The van der Waals surface area contributed by atoms with E-state index >= 15 is 0 Å². The second-order valence-corrected chi connectivity index (χ2v) is 4.93. The van der Waals surface area contributed by atoms with E-state index < -0.39 is 0 Å². The van der Waals surface area contributed by atoms with Gasteiger partial charge in [0.1, 0.15) is 0 Å². The quantitative estimate of drug-likeness (QED) is 0.800. The smallest absolute Gasteiger partial charge is 0.249 e. The number of hydrogen-bond donors (Lipinski definition) is 2. The van der Waals surface area contributed by atoms with Crippen LogP contribution in [-0.2, 0) is 0 Å². The minimum absolute atomic E-state index is 0.364. The molecule has 0 saturated carbocycles. The van der Waals surface area contributed by atoms with Gasteiger partial charge in [-0.25, -0.2) is 0 Å². The molecule has 0 spiro atoms. The number of aryl methyl sites for hydroxylation is 1. The summed E-state index contributed by atoms with van der Waals surface area (Å²) >= 11 is 0. The van der Waals surface area contributed by atoms with Crippen molar-refractivity contribution in [2.75, 3.05) is 11.9 Å². The first-order valence-electron chi connectivity index (χ1n) is 6.46. The van der Waals surface area contributed by atoms with E-state index in [1.54, 1.807) is 0 Å². The van der Waals surface area contributed by atoms with E-state index in [-0.39, 0.29) is 5.91 Å². The predicted octanol–water partition coefficient (Wildman–Crippen LogP) is 2.86. The van der Waals surface area contributed by atoms with Crippen molar-refractivity contribution < 1.29 is 4.79 Å². The second kappa shape index (κ2) is 5.71. The van der Waals surface area contributed by atoms with E-state index in [1.165, 1.54) is 12.8 Å². The molecule has 0 saturated heterocycles. The average molecular weight is 244 g/mol. The summed E-state index contributed by atoms with van der Waals surface area (Å²) in [6.07, 6.45) is 8.04. The Balaban J connectivity index is 1.99. The lowest BCUT2D eigenvalue weighted by Gasteiger charge is -2.19. The van der Waals surface area contributed by atoms with Gasteiger partial charge in [-0.3, -0.25) is 4.79 Å². The standard InChI is InChI=1S/C15H20N2O/c1-11-7-8-13(9-14(11)15(16)18)17-10-12-5-3-2-4-6-12/h2-3,7-9,12,17H,4-6,10H2,1H3,(H2,16,18). The van der Waals surface area contributed by atoms with Gasteiger partial charge in [-0.15, -0.1) is 0 Å². The lowest BCUT2D eigenvalue weighted by Crippen LogP contribution is -2.17. The molecule has 0 radical (unpaired) electrons. The van der Waals surface area contributed by atoms with Crippen molar-refractivity contribution in [3.8, 4) is 0 Å². The molecule has 0 heterocycles. The van der Waals surface area contributed by atoms with Crippen molar-refractivity contribution >= 4 is 11.6 Å². The van der Waals surface area contributed by atoms with Crippen molar-refractivity contribution in [3.63, 3.8) is 0 Å². The summed E-state index contributed by atoms with van der Waals surface area (Å²) in [5, 5.41) is 3.40. The highest BCUT2D eigenvalue weighted by Gasteiger charge is 2.10. The number of primary amides is 1. The van der Waals surface area contributed by atoms with Crippen LogP contribution in [0.25, 0.3) is 0 Å². The lowest BCUT2D eigenvalue weighted by molar-refractivity contribution is 0.1000. The number of carbonyl (C=O) groups is 1. The molecule has 1 aliphatic rings. The molecule has 1 unspecified atom stereocenters. The van der Waals surface area contributed by atoms with Gasteiger partial charge in [0.05, 0.1) is 0 Å². The molecule has 3 N–H and O–H groups in total. The average Bonchev–Trinajstić information content (AvgIpc) is 2.38. The Morgan fingerprint density at radius 1 is 1.44 bits per heavy atom. The summed E-state index contributed by atoms with van der Waals surface area (Å²) in [5.74, 6) is 0.324. The Morgan fingerprint density at radius 2 is 2.28 bits per heavy atom. The summed E-state index contributed by atoms with van der Waals surface area (Å²) in [6.45, 7) is 2.85. The van der Waals surface area contributed by atoms with E-state index in [4.69, 9.17) is 5.73 Å². The van der Waals surface area contributed by atoms with Crippen molar-refractivity contribution in [1.82, 2.24) is 0 Å². The van der Waals surface area contributed by atoms with Gasteiger partial charge in [0.25, 0.3) is 0 Å². The van der Waals surface area contributed by atoms with Gasteiger partial charge in [-0.2, -0.15) is 0 Å². The first-order valence-corrected chi connectivity index (χ1v) is 6.46. The third-order valence-corrected chi connectivity index (χ3v) is 3.48. The van der Waals surface area contributed by atoms with Gasteiger partial charge in [-0.1, -0.05) is 18.2 Å². The molecule has 1 aromatic rings. The zero-order chi connectivity index (χ0) is 13.0. The molecule has 1 aliphatic carbocycles. The minimum Gasteiger partial charge on any atom is -0.385 e. The number of nitrogens with one attached hydrogen (secondary N) is 1. The van der Waals surface area contributed by atoms with Gasteiger partial charge >= 0.3 is 0 Å². The van der Waals surface area contributed by atoms with E-state index in [0.29, 0.717) is 11.5 Å². The van der Waals surface area contributed by atoms with Crippen LogP contribution in [0.4, 0.5) is 5.69 Å². The van der Waals surface area contributed by atoms with E-state index in [9.17, 15) is 4.79 Å². The van der Waals surface area contributed by atoms with Crippen LogP contribution in [-0.4, -0.2) is 12.5 Å². The Hall–Kier alpha value is -1.77. The number of benzene rings is 1. The Bertz CT molecular complexity index is 466. The SMILES string of the molecule is Cc1ccc(NCC2CC=CCC2)cc1C(N)=O. The first-order chi connectivity index (χ1) is 8.66. The number of nitrogens with two attached hydrogens (primary N) is 1. The van der Waals surface area contributed by atoms with Crippen LogP contribution in [0.15, 0.2) is 30.4 Å². The van der Waals surface area contributed by atoms with Crippen LogP contribution in [0.3, 0.4) is 0 Å². The molecular weight excluding hydrogens is 224 g/mol. The summed E-state index contributed by atoms with van der Waals surface area (Å²) in [7, 11) is 0. The molecule has 1 atom stereocenters. The molecule has 0 aliphatic heterocycles. The van der Waals surface area contributed by atoms with Crippen LogP contribution < -0.4 is 11.1 Å². The van der Waals surface area contributed by atoms with Gasteiger partial charge in [-0.05, 0) is 49.8 Å². The molecule has 0 bridgehead atoms. The van der Waals surface area contributed by atoms with Crippen molar-refractivity contribution in [1.29, 1.82) is 0 Å². The van der Waals surface area contributed by atoms with Gasteiger partial charge in [0, 0.05) is 17.8 Å². The van der Waals surface area contributed by atoms with Crippen molar-refractivity contribution in [2.45, 2.75) is 26.2 Å². The Kier molecular flexibility index (Phi) is 4.03. The van der Waals surface area contributed by atoms with Crippen LogP contribution in [0, 0.1) is 12.8 Å². The number of rotatable bonds is 4. The maximum absolute atomic E-state index is 11.3.